The Kier molecular flexibility index (Phi) is 3.19. The van der Waals surface area contributed by atoms with Crippen LogP contribution in [0.15, 0.2) is 0 Å². The number of aliphatic carboxylic acids is 1. The molecule has 1 unspecified atom stereocenters. The van der Waals surface area contributed by atoms with Crippen molar-refractivity contribution in [3.8, 4) is 0 Å². The van der Waals surface area contributed by atoms with E-state index >= 15 is 0 Å². The minimum absolute atomic E-state index is 0.183. The van der Waals surface area contributed by atoms with Gasteiger partial charge in [0.05, 0.1) is 12.5 Å². The van der Waals surface area contributed by atoms with E-state index in [0.29, 0.717) is 0 Å². The van der Waals surface area contributed by atoms with E-state index in [1.165, 1.54) is 6.92 Å². The first-order valence-electron chi connectivity index (χ1n) is 2.69. The Bertz CT molecular complexity index is 102. The molecule has 0 heterocycles. The zero-order valence-corrected chi connectivity index (χ0v) is 5.24. The van der Waals surface area contributed by atoms with E-state index < -0.39 is 18.1 Å². The predicted molar refractivity (Wildman–Crippen MR) is 31.9 cm³/mol. The van der Waals surface area contributed by atoms with Crippen LogP contribution >= 0.6 is 0 Å². The molecule has 0 radical (unpaired) electrons. The molecule has 0 fully saturated rings. The summed E-state index contributed by atoms with van der Waals surface area (Å²) in [4.78, 5) is 9.92. The quantitative estimate of drug-likeness (QED) is 0.469. The largest absolute Gasteiger partial charge is 0.481 e. The minimum Gasteiger partial charge on any atom is -0.481 e. The number of carbonyl (C=O) groups is 1. The molecule has 0 aromatic carbocycles. The summed E-state index contributed by atoms with van der Waals surface area (Å²) >= 11 is 0. The fourth-order valence-corrected chi connectivity index (χ4v) is 0.372. The van der Waals surface area contributed by atoms with Crippen molar-refractivity contribution >= 4 is 5.97 Å². The molecule has 0 spiro atoms. The Morgan fingerprint density at radius 2 is 2.22 bits per heavy atom. The second-order valence-electron chi connectivity index (χ2n) is 2.00. The molecule has 4 N–H and O–H groups in total. The van der Waals surface area contributed by atoms with Crippen LogP contribution in [-0.4, -0.2) is 28.3 Å². The van der Waals surface area contributed by atoms with Crippen LogP contribution in [0.5, 0.6) is 0 Å². The fraction of sp³-hybridized carbons (Fsp3) is 0.800. The Morgan fingerprint density at radius 3 is 2.33 bits per heavy atom. The van der Waals surface area contributed by atoms with Gasteiger partial charge in [-0.1, -0.05) is 0 Å². The lowest BCUT2D eigenvalue weighted by atomic mass is 10.1. The molecule has 0 aliphatic heterocycles. The Balaban J connectivity index is 3.50. The average molecular weight is 133 g/mol. The number of carboxylic acid groups (broad SMARTS) is 1. The van der Waals surface area contributed by atoms with E-state index in [1.54, 1.807) is 0 Å². The highest BCUT2D eigenvalue weighted by Crippen LogP contribution is 1.93. The molecular weight excluding hydrogens is 122 g/mol. The van der Waals surface area contributed by atoms with Gasteiger partial charge in [0.2, 0.25) is 0 Å². The average Bonchev–Trinajstić information content (AvgIpc) is 1.63. The summed E-state index contributed by atoms with van der Waals surface area (Å²) in [5.41, 5.74) is 5.19. The maximum Gasteiger partial charge on any atom is 0.305 e. The summed E-state index contributed by atoms with van der Waals surface area (Å²) in [6, 6.07) is -0.650. The normalized spacial score (nSPS) is 16.8. The molecule has 0 rings (SSSR count). The Morgan fingerprint density at radius 1 is 1.78 bits per heavy atom. The van der Waals surface area contributed by atoms with Crippen LogP contribution in [0.25, 0.3) is 0 Å². The Labute approximate surface area is 53.3 Å². The number of aliphatic hydroxyl groups excluding tert-OH is 1. The summed E-state index contributed by atoms with van der Waals surface area (Å²) in [7, 11) is 0. The molecule has 0 aromatic rings. The molecule has 54 valence electrons. The van der Waals surface area contributed by atoms with E-state index in [1.807, 2.05) is 0 Å². The van der Waals surface area contributed by atoms with Crippen LogP contribution in [0, 0.1) is 0 Å². The number of hydrogen-bond donors (Lipinski definition) is 3. The van der Waals surface area contributed by atoms with Crippen molar-refractivity contribution in [3.05, 3.63) is 0 Å². The molecule has 2 atom stereocenters. The smallest absolute Gasteiger partial charge is 0.305 e. The van der Waals surface area contributed by atoms with Crippen LogP contribution < -0.4 is 5.73 Å². The summed E-state index contributed by atoms with van der Waals surface area (Å²) in [6.07, 6.45) is -0.932. The van der Waals surface area contributed by atoms with E-state index in [2.05, 4.69) is 0 Å². The van der Waals surface area contributed by atoms with Crippen molar-refractivity contribution < 1.29 is 15.0 Å². The lowest BCUT2D eigenvalue weighted by Gasteiger charge is -2.10. The van der Waals surface area contributed by atoms with Crippen LogP contribution in [0.4, 0.5) is 0 Å². The van der Waals surface area contributed by atoms with Gasteiger partial charge in [-0.05, 0) is 6.92 Å². The third-order valence-electron chi connectivity index (χ3n) is 1.03. The molecule has 0 aliphatic carbocycles. The van der Waals surface area contributed by atoms with E-state index in [9.17, 15) is 4.79 Å². The van der Waals surface area contributed by atoms with Gasteiger partial charge in [0.1, 0.15) is 0 Å². The lowest BCUT2D eigenvalue weighted by molar-refractivity contribution is -0.138. The molecule has 4 nitrogen and oxygen atoms in total. The molecular formula is C5H11NO3. The number of aliphatic hydroxyl groups is 1. The number of carboxylic acids is 1. The van der Waals surface area contributed by atoms with Crippen molar-refractivity contribution in [2.24, 2.45) is 5.73 Å². The van der Waals surface area contributed by atoms with Gasteiger partial charge >= 0.3 is 5.97 Å². The van der Waals surface area contributed by atoms with Gasteiger partial charge in [0.25, 0.3) is 0 Å². The fourth-order valence-electron chi connectivity index (χ4n) is 0.372. The van der Waals surface area contributed by atoms with Crippen LogP contribution in [0.3, 0.4) is 0 Å². The molecule has 4 heteroatoms. The number of rotatable bonds is 3. The standard InChI is InChI=1S/C5H11NO3/c1-3(7)4(6)2-5(8)9/h3-4,7H,2,6H2,1H3,(H,8,9)/t3?,4-/m0/s1. The SMILES string of the molecule is CC(O)[C@@H](N)CC(=O)O. The lowest BCUT2D eigenvalue weighted by Crippen LogP contribution is -2.34. The van der Waals surface area contributed by atoms with E-state index in [4.69, 9.17) is 15.9 Å². The summed E-state index contributed by atoms with van der Waals surface area (Å²) < 4.78 is 0. The predicted octanol–water partition coefficient (Wildman–Crippen LogP) is -0.831. The van der Waals surface area contributed by atoms with E-state index in [0.717, 1.165) is 0 Å². The summed E-state index contributed by atoms with van der Waals surface area (Å²) in [6.45, 7) is 1.47. The second kappa shape index (κ2) is 3.42. The molecule has 0 saturated carbocycles. The monoisotopic (exact) mass is 133 g/mol. The Hall–Kier alpha value is -0.610. The zero-order chi connectivity index (χ0) is 7.44. The van der Waals surface area contributed by atoms with Gasteiger partial charge in [-0.3, -0.25) is 4.79 Å². The minimum atomic E-state index is -0.983. The van der Waals surface area contributed by atoms with Crippen molar-refractivity contribution in [2.75, 3.05) is 0 Å². The third kappa shape index (κ3) is 3.93. The number of hydrogen-bond acceptors (Lipinski definition) is 3. The summed E-state index contributed by atoms with van der Waals surface area (Å²) in [5, 5.41) is 16.8. The van der Waals surface area contributed by atoms with Gasteiger partial charge < -0.3 is 15.9 Å². The highest BCUT2D eigenvalue weighted by atomic mass is 16.4. The van der Waals surface area contributed by atoms with Crippen molar-refractivity contribution in [1.82, 2.24) is 0 Å². The highest BCUT2D eigenvalue weighted by Gasteiger charge is 2.12. The maximum absolute atomic E-state index is 9.92. The van der Waals surface area contributed by atoms with E-state index in [-0.39, 0.29) is 6.42 Å². The van der Waals surface area contributed by atoms with Gasteiger partial charge in [-0.25, -0.2) is 0 Å². The second-order valence-corrected chi connectivity index (χ2v) is 2.00. The maximum atomic E-state index is 9.92. The summed E-state index contributed by atoms with van der Waals surface area (Å²) in [5.74, 6) is -0.983. The first-order valence-corrected chi connectivity index (χ1v) is 2.69. The van der Waals surface area contributed by atoms with Crippen LogP contribution in [-0.2, 0) is 4.79 Å². The molecule has 0 amide bonds. The van der Waals surface area contributed by atoms with Gasteiger partial charge in [-0.15, -0.1) is 0 Å². The molecule has 0 bridgehead atoms. The molecule has 0 aliphatic rings. The third-order valence-corrected chi connectivity index (χ3v) is 1.03. The van der Waals surface area contributed by atoms with Gasteiger partial charge in [0, 0.05) is 6.04 Å². The zero-order valence-electron chi connectivity index (χ0n) is 5.24. The van der Waals surface area contributed by atoms with Crippen molar-refractivity contribution in [2.45, 2.75) is 25.5 Å². The van der Waals surface area contributed by atoms with Crippen molar-refractivity contribution in [1.29, 1.82) is 0 Å². The first-order chi connectivity index (χ1) is 4.04. The topological polar surface area (TPSA) is 83.5 Å². The first kappa shape index (κ1) is 8.39. The van der Waals surface area contributed by atoms with Crippen LogP contribution in [0.2, 0.25) is 0 Å². The van der Waals surface area contributed by atoms with Gasteiger partial charge in [-0.2, -0.15) is 0 Å². The van der Waals surface area contributed by atoms with Crippen molar-refractivity contribution in [3.63, 3.8) is 0 Å². The highest BCUT2D eigenvalue weighted by molar-refractivity contribution is 5.67. The molecule has 0 aromatic heterocycles. The van der Waals surface area contributed by atoms with Gasteiger partial charge in [0.15, 0.2) is 0 Å². The number of nitrogens with two attached hydrogens (primary N) is 1. The molecule has 0 saturated heterocycles. The molecule has 9 heavy (non-hydrogen) atoms. The van der Waals surface area contributed by atoms with Crippen LogP contribution in [0.1, 0.15) is 13.3 Å².